The number of benzene rings is 1. The van der Waals surface area contributed by atoms with E-state index in [2.05, 4.69) is 30.1 Å². The zero-order valence-electron chi connectivity index (χ0n) is 14.2. The molecule has 130 valence electrons. The number of hydrogen-bond donors (Lipinski definition) is 3. The maximum Gasteiger partial charge on any atom is 0.122 e. The van der Waals surface area contributed by atoms with Gasteiger partial charge in [-0.3, -0.25) is 4.90 Å². The molecule has 3 rings (SSSR count). The minimum Gasteiger partial charge on any atom is -0.508 e. The number of rotatable bonds is 6. The van der Waals surface area contributed by atoms with E-state index in [0.29, 0.717) is 11.8 Å². The van der Waals surface area contributed by atoms with E-state index in [0.717, 1.165) is 37.9 Å². The van der Waals surface area contributed by atoms with Gasteiger partial charge in [0, 0.05) is 18.7 Å². The highest BCUT2D eigenvalue weighted by molar-refractivity contribution is 5.39. The Labute approximate surface area is 143 Å². The maximum atomic E-state index is 9.96. The lowest BCUT2D eigenvalue weighted by atomic mass is 9.96. The van der Waals surface area contributed by atoms with Gasteiger partial charge >= 0.3 is 0 Å². The van der Waals surface area contributed by atoms with Crippen LogP contribution in [0.5, 0.6) is 11.5 Å². The third-order valence-electron chi connectivity index (χ3n) is 5.39. The van der Waals surface area contributed by atoms with Gasteiger partial charge in [-0.1, -0.05) is 36.8 Å². The summed E-state index contributed by atoms with van der Waals surface area (Å²) in [6.45, 7) is 4.32. The second-order valence-electron chi connectivity index (χ2n) is 7.12. The highest BCUT2D eigenvalue weighted by Crippen LogP contribution is 2.31. The van der Waals surface area contributed by atoms with Crippen molar-refractivity contribution in [2.45, 2.75) is 32.2 Å². The number of phenols is 2. The zero-order valence-corrected chi connectivity index (χ0v) is 14.2. The second-order valence-corrected chi connectivity index (χ2v) is 7.12. The Kier molecular flexibility index (Phi) is 5.27. The number of aliphatic hydroxyl groups excluding tert-OH is 1. The normalized spacial score (nSPS) is 25.2. The first-order chi connectivity index (χ1) is 11.6. The molecule has 1 aliphatic carbocycles. The fraction of sp³-hybridized carbons (Fsp3) is 0.500. The van der Waals surface area contributed by atoms with Crippen LogP contribution in [0.3, 0.4) is 0 Å². The van der Waals surface area contributed by atoms with Gasteiger partial charge in [0.15, 0.2) is 0 Å². The molecule has 1 aromatic rings. The summed E-state index contributed by atoms with van der Waals surface area (Å²) in [7, 11) is 0. The standard InChI is InChI=1S/C20H27NO3/c1-14-3-2-4-16(14)10-18(13-22)21-8-7-15(12-21)9-17-5-6-19(23)11-20(17)24/h2-6,11,14-15,18,22-24H,7-10,12-13H2,1H3. The van der Waals surface area contributed by atoms with Gasteiger partial charge in [0.05, 0.1) is 6.61 Å². The van der Waals surface area contributed by atoms with Crippen molar-refractivity contribution in [2.24, 2.45) is 11.8 Å². The summed E-state index contributed by atoms with van der Waals surface area (Å²) < 4.78 is 0. The molecule has 0 saturated carbocycles. The van der Waals surface area contributed by atoms with Crippen molar-refractivity contribution in [3.05, 3.63) is 47.6 Å². The summed E-state index contributed by atoms with van der Waals surface area (Å²) in [6, 6.07) is 5.00. The third kappa shape index (κ3) is 3.82. The van der Waals surface area contributed by atoms with Crippen LogP contribution < -0.4 is 0 Å². The van der Waals surface area contributed by atoms with Gasteiger partial charge in [0.25, 0.3) is 0 Å². The molecule has 1 heterocycles. The number of aromatic hydroxyl groups is 2. The van der Waals surface area contributed by atoms with Crippen molar-refractivity contribution in [3.8, 4) is 11.5 Å². The first-order valence-corrected chi connectivity index (χ1v) is 8.80. The van der Waals surface area contributed by atoms with Crippen LogP contribution in [0.15, 0.2) is 42.0 Å². The Hall–Kier alpha value is -1.78. The fourth-order valence-electron chi connectivity index (χ4n) is 3.85. The van der Waals surface area contributed by atoms with E-state index in [1.165, 1.54) is 11.6 Å². The zero-order chi connectivity index (χ0) is 17.1. The van der Waals surface area contributed by atoms with Gasteiger partial charge in [-0.25, -0.2) is 0 Å². The molecule has 4 heteroatoms. The summed E-state index contributed by atoms with van der Waals surface area (Å²) in [5, 5.41) is 29.2. The first-order valence-electron chi connectivity index (χ1n) is 8.80. The molecule has 0 radical (unpaired) electrons. The lowest BCUT2D eigenvalue weighted by Crippen LogP contribution is -2.37. The first kappa shape index (κ1) is 17.1. The molecule has 0 spiro atoms. The monoisotopic (exact) mass is 329 g/mol. The number of allylic oxidation sites excluding steroid dienone is 3. The number of hydrogen-bond acceptors (Lipinski definition) is 4. The fourth-order valence-corrected chi connectivity index (χ4v) is 3.85. The van der Waals surface area contributed by atoms with Gasteiger partial charge in [-0.05, 0) is 49.3 Å². The number of likely N-dealkylation sites (tertiary alicyclic amines) is 1. The van der Waals surface area contributed by atoms with Gasteiger partial charge < -0.3 is 15.3 Å². The van der Waals surface area contributed by atoms with Gasteiger partial charge in [-0.2, -0.15) is 0 Å². The number of nitrogens with zero attached hydrogens (tertiary/aromatic N) is 1. The minimum atomic E-state index is 0.0946. The molecular formula is C20H27NO3. The van der Waals surface area contributed by atoms with Crippen molar-refractivity contribution < 1.29 is 15.3 Å². The lowest BCUT2D eigenvalue weighted by molar-refractivity contribution is 0.140. The second kappa shape index (κ2) is 7.41. The van der Waals surface area contributed by atoms with Crippen LogP contribution in [0.25, 0.3) is 0 Å². The Balaban J connectivity index is 1.57. The lowest BCUT2D eigenvalue weighted by Gasteiger charge is -2.27. The maximum absolute atomic E-state index is 9.96. The van der Waals surface area contributed by atoms with E-state index in [9.17, 15) is 15.3 Å². The van der Waals surface area contributed by atoms with E-state index in [4.69, 9.17) is 0 Å². The topological polar surface area (TPSA) is 63.9 Å². The molecular weight excluding hydrogens is 302 g/mol. The van der Waals surface area contributed by atoms with Crippen LogP contribution in [-0.2, 0) is 6.42 Å². The predicted octanol–water partition coefficient (Wildman–Crippen LogP) is 2.85. The molecule has 1 saturated heterocycles. The highest BCUT2D eigenvalue weighted by atomic mass is 16.3. The van der Waals surface area contributed by atoms with Crippen LogP contribution in [0.4, 0.5) is 0 Å². The van der Waals surface area contributed by atoms with Crippen LogP contribution in [-0.4, -0.2) is 46.0 Å². The number of phenolic OH excluding ortho intramolecular Hbond substituents is 2. The van der Waals surface area contributed by atoms with Crippen molar-refractivity contribution in [3.63, 3.8) is 0 Å². The van der Waals surface area contributed by atoms with E-state index in [-0.39, 0.29) is 24.1 Å². The van der Waals surface area contributed by atoms with Crippen molar-refractivity contribution in [1.82, 2.24) is 4.90 Å². The number of aliphatic hydroxyl groups is 1. The molecule has 1 aliphatic heterocycles. The molecule has 4 nitrogen and oxygen atoms in total. The Morgan fingerprint density at radius 1 is 1.29 bits per heavy atom. The molecule has 3 atom stereocenters. The largest absolute Gasteiger partial charge is 0.508 e. The Morgan fingerprint density at radius 2 is 2.12 bits per heavy atom. The predicted molar refractivity (Wildman–Crippen MR) is 95.0 cm³/mol. The molecule has 0 amide bonds. The van der Waals surface area contributed by atoms with E-state index >= 15 is 0 Å². The third-order valence-corrected chi connectivity index (χ3v) is 5.39. The van der Waals surface area contributed by atoms with Gasteiger partial charge in [0.1, 0.15) is 11.5 Å². The summed E-state index contributed by atoms with van der Waals surface area (Å²) in [5.41, 5.74) is 2.28. The van der Waals surface area contributed by atoms with Crippen LogP contribution in [0.2, 0.25) is 0 Å². The molecule has 1 aromatic carbocycles. The van der Waals surface area contributed by atoms with Gasteiger partial charge in [0.2, 0.25) is 0 Å². The molecule has 3 N–H and O–H groups in total. The minimum absolute atomic E-state index is 0.0946. The van der Waals surface area contributed by atoms with E-state index in [1.54, 1.807) is 12.1 Å². The molecule has 1 fully saturated rings. The molecule has 2 aliphatic rings. The molecule has 24 heavy (non-hydrogen) atoms. The Bertz CT molecular complexity index is 638. The van der Waals surface area contributed by atoms with Crippen molar-refractivity contribution in [1.29, 1.82) is 0 Å². The van der Waals surface area contributed by atoms with Crippen LogP contribution >= 0.6 is 0 Å². The SMILES string of the molecule is CC1C=CC=C1CC(CO)N1CCC(Cc2ccc(O)cc2O)C1. The van der Waals surface area contributed by atoms with Crippen molar-refractivity contribution in [2.75, 3.05) is 19.7 Å². The van der Waals surface area contributed by atoms with Crippen molar-refractivity contribution >= 4 is 0 Å². The van der Waals surface area contributed by atoms with E-state index in [1.807, 2.05) is 0 Å². The average molecular weight is 329 g/mol. The molecule has 0 aromatic heterocycles. The molecule has 3 unspecified atom stereocenters. The van der Waals surface area contributed by atoms with Crippen LogP contribution in [0, 0.1) is 11.8 Å². The summed E-state index contributed by atoms with van der Waals surface area (Å²) >= 11 is 0. The smallest absolute Gasteiger partial charge is 0.122 e. The summed E-state index contributed by atoms with van der Waals surface area (Å²) in [4.78, 5) is 2.38. The van der Waals surface area contributed by atoms with Crippen LogP contribution in [0.1, 0.15) is 25.3 Å². The Morgan fingerprint density at radius 3 is 2.79 bits per heavy atom. The summed E-state index contributed by atoms with van der Waals surface area (Å²) in [5.74, 6) is 1.22. The quantitative estimate of drug-likeness (QED) is 0.751. The van der Waals surface area contributed by atoms with E-state index < -0.39 is 0 Å². The molecule has 0 bridgehead atoms. The van der Waals surface area contributed by atoms with Gasteiger partial charge in [-0.15, -0.1) is 0 Å². The highest BCUT2D eigenvalue weighted by Gasteiger charge is 2.29. The summed E-state index contributed by atoms with van der Waals surface area (Å²) in [6.07, 6.45) is 9.28. The average Bonchev–Trinajstić information content (AvgIpc) is 3.17.